The van der Waals surface area contributed by atoms with E-state index in [0.29, 0.717) is 23.7 Å². The molecule has 0 bridgehead atoms. The summed E-state index contributed by atoms with van der Waals surface area (Å²) in [6, 6.07) is 8.98. The summed E-state index contributed by atoms with van der Waals surface area (Å²) in [5, 5.41) is 0. The normalized spacial score (nSPS) is 24.3. The van der Waals surface area contributed by atoms with Crippen LogP contribution in [0.25, 0.3) is 0 Å². The van der Waals surface area contributed by atoms with Gasteiger partial charge in [0.05, 0.1) is 12.9 Å². The van der Waals surface area contributed by atoms with Crippen molar-refractivity contribution >= 4 is 17.7 Å². The van der Waals surface area contributed by atoms with Crippen molar-refractivity contribution in [2.24, 2.45) is 5.92 Å². The molecule has 0 saturated heterocycles. The smallest absolute Gasteiger partial charge is 0.233 e. The number of methoxy groups -OCH3 is 1. The van der Waals surface area contributed by atoms with Crippen molar-refractivity contribution in [1.82, 2.24) is 4.90 Å². The topological polar surface area (TPSA) is 29.5 Å². The van der Waals surface area contributed by atoms with Crippen LogP contribution in [0.3, 0.4) is 0 Å². The van der Waals surface area contributed by atoms with Crippen molar-refractivity contribution in [3.05, 3.63) is 24.3 Å². The van der Waals surface area contributed by atoms with Crippen LogP contribution in [0.2, 0.25) is 0 Å². The van der Waals surface area contributed by atoms with E-state index in [0.717, 1.165) is 16.6 Å². The summed E-state index contributed by atoms with van der Waals surface area (Å²) in [5.74, 6) is 2.56. The van der Waals surface area contributed by atoms with Crippen molar-refractivity contribution in [2.75, 3.05) is 12.9 Å². The van der Waals surface area contributed by atoms with E-state index < -0.39 is 0 Å². The molecular formula is C19H27NO2S. The molecule has 2 aliphatic rings. The number of nitrogens with zero attached hydrogens (tertiary/aromatic N) is 1. The Morgan fingerprint density at radius 1 is 1.09 bits per heavy atom. The van der Waals surface area contributed by atoms with Crippen LogP contribution in [0.1, 0.15) is 45.4 Å². The fourth-order valence-electron chi connectivity index (χ4n) is 3.47. The van der Waals surface area contributed by atoms with Gasteiger partial charge in [-0.05, 0) is 68.7 Å². The van der Waals surface area contributed by atoms with E-state index >= 15 is 0 Å². The van der Waals surface area contributed by atoms with Gasteiger partial charge in [0.1, 0.15) is 5.75 Å². The highest BCUT2D eigenvalue weighted by atomic mass is 32.2. The Bertz CT molecular complexity index is 519. The van der Waals surface area contributed by atoms with Gasteiger partial charge in [0.15, 0.2) is 0 Å². The third kappa shape index (κ3) is 4.43. The number of thioether (sulfide) groups is 1. The molecule has 3 nitrogen and oxygen atoms in total. The lowest BCUT2D eigenvalue weighted by molar-refractivity contribution is -0.132. The predicted octanol–water partition coefficient (Wildman–Crippen LogP) is 4.36. The highest BCUT2D eigenvalue weighted by Crippen LogP contribution is 2.36. The number of carbonyl (C=O) groups is 1. The van der Waals surface area contributed by atoms with E-state index in [2.05, 4.69) is 11.8 Å². The van der Waals surface area contributed by atoms with E-state index in [1.165, 1.54) is 38.5 Å². The van der Waals surface area contributed by atoms with Gasteiger partial charge in [0, 0.05) is 17.0 Å². The first-order valence-electron chi connectivity index (χ1n) is 8.75. The van der Waals surface area contributed by atoms with E-state index in [1.54, 1.807) is 18.9 Å². The van der Waals surface area contributed by atoms with Crippen molar-refractivity contribution in [3.8, 4) is 5.75 Å². The molecule has 23 heavy (non-hydrogen) atoms. The van der Waals surface area contributed by atoms with Gasteiger partial charge in [0.25, 0.3) is 0 Å². The van der Waals surface area contributed by atoms with E-state index in [-0.39, 0.29) is 0 Å². The standard InChI is InChI=1S/C19H27NO2S/c1-14-3-5-15(6-4-14)20(16-7-8-16)19(21)13-23-18-11-9-17(22-2)10-12-18/h9-12,14-16H,3-8,13H2,1-2H3. The van der Waals surface area contributed by atoms with Gasteiger partial charge in [-0.15, -0.1) is 11.8 Å². The molecule has 0 spiro atoms. The summed E-state index contributed by atoms with van der Waals surface area (Å²) in [5.41, 5.74) is 0. The molecule has 3 rings (SSSR count). The molecule has 0 radical (unpaired) electrons. The molecule has 0 heterocycles. The minimum absolute atomic E-state index is 0.327. The largest absolute Gasteiger partial charge is 0.497 e. The number of carbonyl (C=O) groups excluding carboxylic acids is 1. The summed E-state index contributed by atoms with van der Waals surface area (Å²) in [6.07, 6.45) is 7.32. The molecule has 4 heteroatoms. The van der Waals surface area contributed by atoms with E-state index in [1.807, 2.05) is 24.3 Å². The highest BCUT2D eigenvalue weighted by molar-refractivity contribution is 8.00. The van der Waals surface area contributed by atoms with Gasteiger partial charge in [0.2, 0.25) is 5.91 Å². The lowest BCUT2D eigenvalue weighted by Gasteiger charge is -2.36. The molecule has 2 saturated carbocycles. The van der Waals surface area contributed by atoms with Crippen LogP contribution in [0.15, 0.2) is 29.2 Å². The van der Waals surface area contributed by atoms with Gasteiger partial charge in [-0.1, -0.05) is 6.92 Å². The molecule has 0 aromatic heterocycles. The molecule has 2 fully saturated rings. The average Bonchev–Trinajstić information content (AvgIpc) is 3.40. The second-order valence-electron chi connectivity index (χ2n) is 6.91. The molecule has 0 N–H and O–H groups in total. The van der Waals surface area contributed by atoms with Gasteiger partial charge < -0.3 is 9.64 Å². The summed E-state index contributed by atoms with van der Waals surface area (Å²) in [6.45, 7) is 2.33. The van der Waals surface area contributed by atoms with Crippen molar-refractivity contribution in [2.45, 2.75) is 62.4 Å². The lowest BCUT2D eigenvalue weighted by atomic mass is 9.86. The molecule has 2 aliphatic carbocycles. The molecule has 0 atom stereocenters. The van der Waals surface area contributed by atoms with E-state index in [9.17, 15) is 4.79 Å². The van der Waals surface area contributed by atoms with Gasteiger partial charge in [-0.3, -0.25) is 4.79 Å². The van der Waals surface area contributed by atoms with E-state index in [4.69, 9.17) is 4.74 Å². The Hall–Kier alpha value is -1.16. The third-order valence-electron chi connectivity index (χ3n) is 5.03. The Kier molecular flexibility index (Phi) is 5.52. The third-order valence-corrected chi connectivity index (χ3v) is 6.03. The van der Waals surface area contributed by atoms with Crippen LogP contribution in [0.5, 0.6) is 5.75 Å². The fourth-order valence-corrected chi connectivity index (χ4v) is 4.24. The van der Waals surface area contributed by atoms with Gasteiger partial charge in [-0.25, -0.2) is 0 Å². The predicted molar refractivity (Wildman–Crippen MR) is 95.0 cm³/mol. The number of hydrogen-bond acceptors (Lipinski definition) is 3. The zero-order chi connectivity index (χ0) is 16.2. The van der Waals surface area contributed by atoms with Gasteiger partial charge in [-0.2, -0.15) is 0 Å². The molecule has 0 aliphatic heterocycles. The first kappa shape index (κ1) is 16.7. The maximum absolute atomic E-state index is 12.8. The molecule has 0 unspecified atom stereocenters. The summed E-state index contributed by atoms with van der Waals surface area (Å²) >= 11 is 1.64. The molecule has 1 aromatic carbocycles. The first-order chi connectivity index (χ1) is 11.2. The zero-order valence-corrected chi connectivity index (χ0v) is 15.0. The summed E-state index contributed by atoms with van der Waals surface area (Å²) < 4.78 is 5.18. The quantitative estimate of drug-likeness (QED) is 0.725. The zero-order valence-electron chi connectivity index (χ0n) is 14.2. The first-order valence-corrected chi connectivity index (χ1v) is 9.74. The summed E-state index contributed by atoms with van der Waals surface area (Å²) in [7, 11) is 1.67. The van der Waals surface area contributed by atoms with Crippen LogP contribution in [-0.2, 0) is 4.79 Å². The number of amides is 1. The molecule has 1 amide bonds. The second-order valence-corrected chi connectivity index (χ2v) is 7.96. The number of benzene rings is 1. The molecule has 126 valence electrons. The van der Waals surface area contributed by atoms with Gasteiger partial charge >= 0.3 is 0 Å². The van der Waals surface area contributed by atoms with Crippen molar-refractivity contribution in [3.63, 3.8) is 0 Å². The highest BCUT2D eigenvalue weighted by Gasteiger charge is 2.38. The van der Waals surface area contributed by atoms with Crippen LogP contribution in [0, 0.1) is 5.92 Å². The molecule has 1 aromatic rings. The van der Waals surface area contributed by atoms with Crippen molar-refractivity contribution < 1.29 is 9.53 Å². The minimum atomic E-state index is 0.327. The summed E-state index contributed by atoms with van der Waals surface area (Å²) in [4.78, 5) is 16.2. The Morgan fingerprint density at radius 2 is 1.65 bits per heavy atom. The van der Waals surface area contributed by atoms with Crippen LogP contribution < -0.4 is 4.74 Å². The fraction of sp³-hybridized carbons (Fsp3) is 0.632. The maximum atomic E-state index is 12.8. The van der Waals surface area contributed by atoms with Crippen molar-refractivity contribution in [1.29, 1.82) is 0 Å². The Labute approximate surface area is 143 Å². The Morgan fingerprint density at radius 3 is 2.17 bits per heavy atom. The molecular weight excluding hydrogens is 306 g/mol. The number of hydrogen-bond donors (Lipinski definition) is 0. The number of ether oxygens (including phenoxy) is 1. The van der Waals surface area contributed by atoms with Crippen LogP contribution in [-0.4, -0.2) is 35.8 Å². The monoisotopic (exact) mass is 333 g/mol. The maximum Gasteiger partial charge on any atom is 0.233 e. The Balaban J connectivity index is 1.56. The van der Waals surface area contributed by atoms with Crippen LogP contribution >= 0.6 is 11.8 Å². The van der Waals surface area contributed by atoms with Crippen LogP contribution in [0.4, 0.5) is 0 Å². The number of rotatable bonds is 6. The SMILES string of the molecule is COc1ccc(SCC(=O)N(C2CCC(C)CC2)C2CC2)cc1. The average molecular weight is 333 g/mol. The minimum Gasteiger partial charge on any atom is -0.497 e. The lowest BCUT2D eigenvalue weighted by Crippen LogP contribution is -2.44. The second kappa shape index (κ2) is 7.61.